The number of halogens is 1. The van der Waals surface area contributed by atoms with Gasteiger partial charge in [-0.1, -0.05) is 41.4 Å². The summed E-state index contributed by atoms with van der Waals surface area (Å²) in [6.45, 7) is 2.81. The van der Waals surface area contributed by atoms with Crippen molar-refractivity contribution in [2.24, 2.45) is 5.73 Å². The van der Waals surface area contributed by atoms with Crippen LogP contribution in [0, 0.1) is 6.92 Å². The minimum Gasteiger partial charge on any atom is -0.367 e. The maximum absolute atomic E-state index is 6.49. The van der Waals surface area contributed by atoms with Gasteiger partial charge in [0, 0.05) is 36.6 Å². The number of aromatic nitrogens is 2. The second-order valence-electron chi connectivity index (χ2n) is 8.07. The van der Waals surface area contributed by atoms with Crippen LogP contribution in [0.2, 0.25) is 5.02 Å². The number of hydrogen-bond donors (Lipinski definition) is 3. The highest BCUT2D eigenvalue weighted by molar-refractivity contribution is 6.33. The van der Waals surface area contributed by atoms with E-state index in [9.17, 15) is 0 Å². The third-order valence-corrected chi connectivity index (χ3v) is 5.95. The smallest absolute Gasteiger partial charge is 0.126 e. The van der Waals surface area contributed by atoms with Gasteiger partial charge in [0.1, 0.15) is 11.6 Å². The van der Waals surface area contributed by atoms with Crippen LogP contribution >= 0.6 is 11.6 Å². The van der Waals surface area contributed by atoms with Crippen molar-refractivity contribution in [3.63, 3.8) is 0 Å². The molecule has 1 fully saturated rings. The van der Waals surface area contributed by atoms with Crippen molar-refractivity contribution in [2.75, 3.05) is 10.6 Å². The molecule has 1 saturated carbocycles. The third kappa shape index (κ3) is 5.29. The molecular weight excluding hydrogens is 394 g/mol. The first-order chi connectivity index (χ1) is 14.6. The van der Waals surface area contributed by atoms with Crippen LogP contribution in [0.3, 0.4) is 0 Å². The summed E-state index contributed by atoms with van der Waals surface area (Å²) < 4.78 is 0. The van der Waals surface area contributed by atoms with E-state index in [-0.39, 0.29) is 0 Å². The summed E-state index contributed by atoms with van der Waals surface area (Å²) in [6, 6.07) is 15.3. The van der Waals surface area contributed by atoms with Gasteiger partial charge in [-0.3, -0.25) is 0 Å². The van der Waals surface area contributed by atoms with Crippen LogP contribution in [0.1, 0.15) is 36.8 Å². The summed E-state index contributed by atoms with van der Waals surface area (Å²) in [6.07, 6.45) is 7.77. The molecule has 0 radical (unpaired) electrons. The summed E-state index contributed by atoms with van der Waals surface area (Å²) >= 11 is 6.49. The van der Waals surface area contributed by atoms with Crippen LogP contribution in [-0.4, -0.2) is 22.1 Å². The Balaban J connectivity index is 1.47. The highest BCUT2D eigenvalue weighted by Crippen LogP contribution is 2.31. The SMILES string of the molecule is Cc1ccc(CNc2cc(-c3cc(NC4CCC(N)CC4)ncc3Cl)ccn2)cc1. The van der Waals surface area contributed by atoms with Crippen LogP contribution in [0.5, 0.6) is 0 Å². The number of nitrogens with one attached hydrogen (secondary N) is 2. The van der Waals surface area contributed by atoms with Crippen LogP contribution < -0.4 is 16.4 Å². The number of pyridine rings is 2. The zero-order valence-corrected chi connectivity index (χ0v) is 18.0. The lowest BCUT2D eigenvalue weighted by Gasteiger charge is -2.27. The molecule has 0 bridgehead atoms. The first-order valence-corrected chi connectivity index (χ1v) is 10.9. The van der Waals surface area contributed by atoms with Gasteiger partial charge >= 0.3 is 0 Å². The zero-order valence-electron chi connectivity index (χ0n) is 17.2. The van der Waals surface area contributed by atoms with E-state index < -0.39 is 0 Å². The number of anilines is 2. The van der Waals surface area contributed by atoms with Gasteiger partial charge in [0.05, 0.1) is 5.02 Å². The Kier molecular flexibility index (Phi) is 6.50. The molecule has 2 heterocycles. The second-order valence-corrected chi connectivity index (χ2v) is 8.48. The normalized spacial score (nSPS) is 18.8. The number of hydrogen-bond acceptors (Lipinski definition) is 5. The van der Waals surface area contributed by atoms with Gasteiger partial charge < -0.3 is 16.4 Å². The van der Waals surface area contributed by atoms with Crippen LogP contribution in [0.4, 0.5) is 11.6 Å². The summed E-state index contributed by atoms with van der Waals surface area (Å²) in [7, 11) is 0. The molecule has 2 aromatic heterocycles. The van der Waals surface area contributed by atoms with Gasteiger partial charge in [0.15, 0.2) is 0 Å². The van der Waals surface area contributed by atoms with E-state index in [2.05, 4.69) is 51.8 Å². The minimum absolute atomic E-state index is 0.333. The molecule has 0 unspecified atom stereocenters. The lowest BCUT2D eigenvalue weighted by atomic mass is 9.92. The van der Waals surface area contributed by atoms with E-state index in [4.69, 9.17) is 17.3 Å². The van der Waals surface area contributed by atoms with Crippen LogP contribution in [0.25, 0.3) is 11.1 Å². The summed E-state index contributed by atoms with van der Waals surface area (Å²) in [4.78, 5) is 8.93. The molecule has 5 nitrogen and oxygen atoms in total. The molecule has 6 heteroatoms. The maximum atomic E-state index is 6.49. The average molecular weight is 422 g/mol. The molecule has 1 aliphatic carbocycles. The van der Waals surface area contributed by atoms with E-state index >= 15 is 0 Å². The molecule has 0 saturated heterocycles. The van der Waals surface area contributed by atoms with Crippen molar-refractivity contribution in [3.05, 3.63) is 71.0 Å². The first kappa shape index (κ1) is 20.6. The topological polar surface area (TPSA) is 75.9 Å². The molecule has 156 valence electrons. The summed E-state index contributed by atoms with van der Waals surface area (Å²) in [5, 5.41) is 7.57. The second kappa shape index (κ2) is 9.45. The van der Waals surface area contributed by atoms with Crippen molar-refractivity contribution >= 4 is 23.2 Å². The van der Waals surface area contributed by atoms with Gasteiger partial charge in [0.25, 0.3) is 0 Å². The molecule has 0 aliphatic heterocycles. The number of aryl methyl sites for hydroxylation is 1. The summed E-state index contributed by atoms with van der Waals surface area (Å²) in [5.41, 5.74) is 10.5. The number of rotatable bonds is 6. The van der Waals surface area contributed by atoms with Crippen molar-refractivity contribution in [1.82, 2.24) is 9.97 Å². The van der Waals surface area contributed by atoms with Crippen molar-refractivity contribution < 1.29 is 0 Å². The van der Waals surface area contributed by atoms with E-state index in [1.165, 1.54) is 11.1 Å². The Morgan fingerprint density at radius 3 is 2.53 bits per heavy atom. The Bertz CT molecular complexity index is 981. The Morgan fingerprint density at radius 1 is 1.00 bits per heavy atom. The fraction of sp³-hybridized carbons (Fsp3) is 0.333. The molecule has 3 aromatic rings. The average Bonchev–Trinajstić information content (AvgIpc) is 2.76. The van der Waals surface area contributed by atoms with E-state index in [0.29, 0.717) is 17.1 Å². The summed E-state index contributed by atoms with van der Waals surface area (Å²) in [5.74, 6) is 1.66. The monoisotopic (exact) mass is 421 g/mol. The molecule has 4 N–H and O–H groups in total. The predicted molar refractivity (Wildman–Crippen MR) is 125 cm³/mol. The fourth-order valence-electron chi connectivity index (χ4n) is 3.80. The Morgan fingerprint density at radius 2 is 1.77 bits per heavy atom. The highest BCUT2D eigenvalue weighted by Gasteiger charge is 2.19. The molecule has 0 spiro atoms. The number of nitrogens with zero attached hydrogens (tertiary/aromatic N) is 2. The Hall–Kier alpha value is -2.63. The molecule has 4 rings (SSSR count). The minimum atomic E-state index is 0.333. The highest BCUT2D eigenvalue weighted by atomic mass is 35.5. The van der Waals surface area contributed by atoms with Gasteiger partial charge in [-0.2, -0.15) is 0 Å². The van der Waals surface area contributed by atoms with Crippen LogP contribution in [-0.2, 0) is 6.54 Å². The molecule has 0 amide bonds. The maximum Gasteiger partial charge on any atom is 0.126 e. The zero-order chi connectivity index (χ0) is 20.9. The molecule has 0 atom stereocenters. The molecule has 30 heavy (non-hydrogen) atoms. The Labute approximate surface area is 183 Å². The van der Waals surface area contributed by atoms with Gasteiger partial charge in [-0.05, 0) is 61.9 Å². The van der Waals surface area contributed by atoms with Gasteiger partial charge in [-0.25, -0.2) is 9.97 Å². The molecule has 1 aliphatic rings. The van der Waals surface area contributed by atoms with E-state index in [1.54, 1.807) is 12.4 Å². The quantitative estimate of drug-likeness (QED) is 0.496. The van der Waals surface area contributed by atoms with Gasteiger partial charge in [-0.15, -0.1) is 0 Å². The fourth-order valence-corrected chi connectivity index (χ4v) is 4.02. The first-order valence-electron chi connectivity index (χ1n) is 10.5. The third-order valence-electron chi connectivity index (χ3n) is 5.64. The molecular formula is C24H28ClN5. The lowest BCUT2D eigenvalue weighted by Crippen LogP contribution is -2.33. The van der Waals surface area contributed by atoms with E-state index in [0.717, 1.165) is 55.0 Å². The molecule has 1 aromatic carbocycles. The van der Waals surface area contributed by atoms with Crippen molar-refractivity contribution in [2.45, 2.75) is 51.2 Å². The van der Waals surface area contributed by atoms with E-state index in [1.807, 2.05) is 18.2 Å². The van der Waals surface area contributed by atoms with Crippen molar-refractivity contribution in [1.29, 1.82) is 0 Å². The van der Waals surface area contributed by atoms with Crippen molar-refractivity contribution in [3.8, 4) is 11.1 Å². The number of benzene rings is 1. The number of nitrogens with two attached hydrogens (primary N) is 1. The standard InChI is InChI=1S/C24H28ClN5/c1-16-2-4-17(5-3-16)14-28-23-12-18(10-11-27-23)21-13-24(29-15-22(21)25)30-20-8-6-19(26)7-9-20/h2-5,10-13,15,19-20H,6-9,14,26H2,1H3,(H,27,28)(H,29,30). The van der Waals surface area contributed by atoms with Crippen LogP contribution in [0.15, 0.2) is 54.9 Å². The largest absolute Gasteiger partial charge is 0.367 e. The predicted octanol–water partition coefficient (Wildman–Crippen LogP) is 5.40. The lowest BCUT2D eigenvalue weighted by molar-refractivity contribution is 0.410. The van der Waals surface area contributed by atoms with Gasteiger partial charge in [0.2, 0.25) is 0 Å².